The number of fused-ring (bicyclic) bond motifs is 1. The standard InChI is InChI=1S/C13H13N.ClH/c1-3-10-14(2)13-9-8-11-6-4-5-7-12(11)13;/h1,4-7,9H,8,10H2,2H3;1H. The highest BCUT2D eigenvalue weighted by molar-refractivity contribution is 5.66. The average Bonchev–Trinajstić information content (AvgIpc) is 2.61. The predicted octanol–water partition coefficient (Wildman–Crippen LogP) is -2.26. The SMILES string of the molecule is C#CC[NH+](C)C1=CCc2ccccc21.[Cl-]. The van der Waals surface area contributed by atoms with Gasteiger partial charge in [0.25, 0.3) is 0 Å². The van der Waals surface area contributed by atoms with Gasteiger partial charge in [-0.2, -0.15) is 0 Å². The molecule has 0 saturated heterocycles. The van der Waals surface area contributed by atoms with Crippen molar-refractivity contribution in [1.29, 1.82) is 0 Å². The Morgan fingerprint density at radius 1 is 1.40 bits per heavy atom. The topological polar surface area (TPSA) is 4.44 Å². The first kappa shape index (κ1) is 11.8. The highest BCUT2D eigenvalue weighted by atomic mass is 35.5. The van der Waals surface area contributed by atoms with Gasteiger partial charge in [0.2, 0.25) is 0 Å². The molecule has 15 heavy (non-hydrogen) atoms. The van der Waals surface area contributed by atoms with Crippen molar-refractivity contribution < 1.29 is 17.3 Å². The first-order valence-electron chi connectivity index (χ1n) is 4.87. The zero-order valence-electron chi connectivity index (χ0n) is 8.76. The highest BCUT2D eigenvalue weighted by Gasteiger charge is 2.19. The van der Waals surface area contributed by atoms with Crippen molar-refractivity contribution in [2.45, 2.75) is 6.42 Å². The molecule has 0 radical (unpaired) electrons. The van der Waals surface area contributed by atoms with Crippen molar-refractivity contribution in [3.05, 3.63) is 41.5 Å². The maximum Gasteiger partial charge on any atom is 0.143 e. The van der Waals surface area contributed by atoms with Gasteiger partial charge in [-0.15, -0.1) is 6.42 Å². The lowest BCUT2D eigenvalue weighted by atomic mass is 10.1. The largest absolute Gasteiger partial charge is 1.00 e. The molecule has 1 aromatic carbocycles. The second-order valence-electron chi connectivity index (χ2n) is 3.64. The van der Waals surface area contributed by atoms with Crippen molar-refractivity contribution in [3.8, 4) is 12.3 Å². The van der Waals surface area contributed by atoms with Crippen LogP contribution in [0.25, 0.3) is 5.70 Å². The molecule has 0 aromatic heterocycles. The fraction of sp³-hybridized carbons (Fsp3) is 0.231. The summed E-state index contributed by atoms with van der Waals surface area (Å²) >= 11 is 0. The molecule has 0 saturated carbocycles. The summed E-state index contributed by atoms with van der Waals surface area (Å²) in [5.41, 5.74) is 4.12. The number of nitrogens with one attached hydrogen (secondary N) is 1. The number of hydrogen-bond acceptors (Lipinski definition) is 0. The van der Waals surface area contributed by atoms with E-state index in [4.69, 9.17) is 6.42 Å². The molecule has 0 fully saturated rings. The lowest BCUT2D eigenvalue weighted by molar-refractivity contribution is -0.793. The van der Waals surface area contributed by atoms with E-state index in [-0.39, 0.29) is 12.4 Å². The monoisotopic (exact) mass is 219 g/mol. The summed E-state index contributed by atoms with van der Waals surface area (Å²) in [4.78, 5) is 1.30. The molecule has 2 rings (SSSR count). The Bertz CT molecular complexity index is 415. The molecule has 0 spiro atoms. The number of halogens is 1. The van der Waals surface area contributed by atoms with E-state index in [1.165, 1.54) is 21.7 Å². The van der Waals surface area contributed by atoms with Gasteiger partial charge >= 0.3 is 0 Å². The normalized spacial score (nSPS) is 14.5. The summed E-state index contributed by atoms with van der Waals surface area (Å²) in [7, 11) is 2.12. The van der Waals surface area contributed by atoms with Crippen LogP contribution in [-0.2, 0) is 6.42 Å². The number of allylic oxidation sites excluding steroid dienone is 1. The zero-order valence-corrected chi connectivity index (χ0v) is 9.51. The molecule has 1 aliphatic carbocycles. The van der Waals surface area contributed by atoms with E-state index in [1.807, 2.05) is 0 Å². The second kappa shape index (κ2) is 5.02. The van der Waals surface area contributed by atoms with Crippen LogP contribution in [0.3, 0.4) is 0 Å². The molecule has 1 unspecified atom stereocenters. The third kappa shape index (κ3) is 2.23. The molecule has 1 nitrogen and oxygen atoms in total. The Kier molecular flexibility index (Phi) is 3.96. The van der Waals surface area contributed by atoms with Gasteiger partial charge in [-0.05, 0) is 30.0 Å². The molecule has 78 valence electrons. The molecule has 1 atom stereocenters. The minimum Gasteiger partial charge on any atom is -1.00 e. The Balaban J connectivity index is 0.00000112. The lowest BCUT2D eigenvalue weighted by Crippen LogP contribution is -3.06. The predicted molar refractivity (Wildman–Crippen MR) is 58.7 cm³/mol. The summed E-state index contributed by atoms with van der Waals surface area (Å²) in [6, 6.07) is 8.53. The van der Waals surface area contributed by atoms with Crippen LogP contribution < -0.4 is 17.3 Å². The van der Waals surface area contributed by atoms with E-state index in [0.717, 1.165) is 13.0 Å². The minimum atomic E-state index is 0. The van der Waals surface area contributed by atoms with Crippen molar-refractivity contribution in [2.75, 3.05) is 13.6 Å². The average molecular weight is 220 g/mol. The van der Waals surface area contributed by atoms with Crippen molar-refractivity contribution in [3.63, 3.8) is 0 Å². The Hall–Kier alpha value is -1.23. The number of benzene rings is 1. The molecule has 1 N–H and O–H groups in total. The van der Waals surface area contributed by atoms with E-state index in [9.17, 15) is 0 Å². The van der Waals surface area contributed by atoms with Gasteiger partial charge in [-0.3, -0.25) is 4.90 Å². The molecule has 1 aromatic rings. The first-order chi connectivity index (χ1) is 6.83. The Labute approximate surface area is 97.2 Å². The molecule has 1 aliphatic rings. The van der Waals surface area contributed by atoms with E-state index < -0.39 is 0 Å². The van der Waals surface area contributed by atoms with Crippen LogP contribution in [0.4, 0.5) is 0 Å². The third-order valence-electron chi connectivity index (χ3n) is 2.66. The van der Waals surface area contributed by atoms with Gasteiger partial charge in [0.15, 0.2) is 0 Å². The van der Waals surface area contributed by atoms with E-state index in [0.29, 0.717) is 0 Å². The quantitative estimate of drug-likeness (QED) is 0.536. The fourth-order valence-electron chi connectivity index (χ4n) is 1.94. The number of hydrogen-bond donors (Lipinski definition) is 1. The van der Waals surface area contributed by atoms with Gasteiger partial charge in [0.05, 0.1) is 7.05 Å². The Morgan fingerprint density at radius 2 is 2.13 bits per heavy atom. The summed E-state index contributed by atoms with van der Waals surface area (Å²) in [5, 5.41) is 0. The number of rotatable bonds is 2. The van der Waals surface area contributed by atoms with Crippen LogP contribution >= 0.6 is 0 Å². The van der Waals surface area contributed by atoms with Gasteiger partial charge in [-0.1, -0.05) is 18.2 Å². The first-order valence-corrected chi connectivity index (χ1v) is 4.87. The number of quaternary nitrogens is 1. The maximum atomic E-state index is 5.32. The van der Waals surface area contributed by atoms with Crippen molar-refractivity contribution in [1.82, 2.24) is 0 Å². The van der Waals surface area contributed by atoms with Crippen LogP contribution in [-0.4, -0.2) is 13.6 Å². The Morgan fingerprint density at radius 3 is 2.87 bits per heavy atom. The minimum absolute atomic E-state index is 0. The van der Waals surface area contributed by atoms with Gasteiger partial charge in [0, 0.05) is 5.56 Å². The smallest absolute Gasteiger partial charge is 0.143 e. The molecule has 2 heteroatoms. The summed E-state index contributed by atoms with van der Waals surface area (Å²) in [6.45, 7) is 0.750. The third-order valence-corrected chi connectivity index (χ3v) is 2.66. The van der Waals surface area contributed by atoms with Crippen LogP contribution in [0.1, 0.15) is 11.1 Å². The van der Waals surface area contributed by atoms with E-state index in [1.54, 1.807) is 0 Å². The van der Waals surface area contributed by atoms with Crippen LogP contribution in [0, 0.1) is 12.3 Å². The molecule has 0 amide bonds. The van der Waals surface area contributed by atoms with Gasteiger partial charge in [-0.25, -0.2) is 0 Å². The molecular weight excluding hydrogens is 206 g/mol. The second-order valence-corrected chi connectivity index (χ2v) is 3.64. The molecular formula is C13H14ClN. The maximum absolute atomic E-state index is 5.32. The van der Waals surface area contributed by atoms with Gasteiger partial charge in [0.1, 0.15) is 12.2 Å². The zero-order chi connectivity index (χ0) is 9.97. The summed E-state index contributed by atoms with van der Waals surface area (Å²) in [6.07, 6.45) is 8.64. The summed E-state index contributed by atoms with van der Waals surface area (Å²) in [5.74, 6) is 2.70. The molecule has 0 heterocycles. The van der Waals surface area contributed by atoms with Crippen molar-refractivity contribution >= 4 is 5.70 Å². The highest BCUT2D eigenvalue weighted by Crippen LogP contribution is 2.22. The summed E-state index contributed by atoms with van der Waals surface area (Å²) < 4.78 is 0. The van der Waals surface area contributed by atoms with Crippen LogP contribution in [0.2, 0.25) is 0 Å². The fourth-order valence-corrected chi connectivity index (χ4v) is 1.94. The lowest BCUT2D eigenvalue weighted by Gasteiger charge is -2.12. The van der Waals surface area contributed by atoms with Crippen molar-refractivity contribution in [2.24, 2.45) is 0 Å². The van der Waals surface area contributed by atoms with Gasteiger partial charge < -0.3 is 12.4 Å². The van der Waals surface area contributed by atoms with Crippen LogP contribution in [0.5, 0.6) is 0 Å². The van der Waals surface area contributed by atoms with Crippen LogP contribution in [0.15, 0.2) is 30.3 Å². The molecule has 0 aliphatic heterocycles. The molecule has 0 bridgehead atoms. The number of terminal acetylenes is 1. The van der Waals surface area contributed by atoms with E-state index in [2.05, 4.69) is 43.3 Å². The van der Waals surface area contributed by atoms with E-state index >= 15 is 0 Å².